The molecule has 0 saturated heterocycles. The minimum atomic E-state index is -0.868. The molecule has 0 fully saturated rings. The van der Waals surface area contributed by atoms with Gasteiger partial charge in [-0.3, -0.25) is 4.79 Å². The second kappa shape index (κ2) is 54.9. The van der Waals surface area contributed by atoms with Crippen molar-refractivity contribution in [1.82, 2.24) is 5.32 Å². The van der Waals surface area contributed by atoms with E-state index in [4.69, 9.17) is 0 Å². The summed E-state index contributed by atoms with van der Waals surface area (Å²) in [7, 11) is 0. The van der Waals surface area contributed by atoms with Crippen molar-refractivity contribution < 1.29 is 15.0 Å². The molecule has 0 aliphatic heterocycles. The maximum absolute atomic E-state index is 12.4. The average Bonchev–Trinajstić information content (AvgIpc) is 3.31. The number of nitrogens with one attached hydrogen (secondary N) is 1. The molecule has 3 N–H and O–H groups in total. The highest BCUT2D eigenvalue weighted by Crippen LogP contribution is 2.14. The number of unbranched alkanes of at least 4 members (excludes halogenated alkanes) is 20. The molecule has 0 bridgehead atoms. The molecule has 0 aliphatic carbocycles. The summed E-state index contributed by atoms with van der Waals surface area (Å²) in [6.07, 6.45) is 86.0. The van der Waals surface area contributed by atoms with E-state index in [-0.39, 0.29) is 12.5 Å². The molecule has 0 aromatic carbocycles. The summed E-state index contributed by atoms with van der Waals surface area (Å²) in [6.45, 7) is 4.15. The lowest BCUT2D eigenvalue weighted by molar-refractivity contribution is -0.123. The molecular weight excluding hydrogens is 795 g/mol. The zero-order chi connectivity index (χ0) is 47.0. The maximum atomic E-state index is 12.4. The molecule has 0 aromatic heterocycles. The van der Waals surface area contributed by atoms with Crippen molar-refractivity contribution in [3.63, 3.8) is 0 Å². The molecule has 2 unspecified atom stereocenters. The lowest BCUT2D eigenvalue weighted by Crippen LogP contribution is -2.45. The number of rotatable bonds is 47. The van der Waals surface area contributed by atoms with Crippen molar-refractivity contribution in [3.8, 4) is 0 Å². The molecule has 1 amide bonds. The Hall–Kier alpha value is -3.47. The number of carbonyl (C=O) groups is 1. The number of carbonyl (C=O) groups excluding carboxylic acids is 1. The van der Waals surface area contributed by atoms with E-state index in [0.29, 0.717) is 6.42 Å². The number of allylic oxidation sites excluding steroid dienone is 21. The fraction of sp³-hybridized carbons (Fsp3) is 0.623. The van der Waals surface area contributed by atoms with E-state index in [1.54, 1.807) is 6.08 Å². The zero-order valence-electron chi connectivity index (χ0n) is 42.2. The van der Waals surface area contributed by atoms with Gasteiger partial charge in [0.05, 0.1) is 18.8 Å². The average molecular weight is 896 g/mol. The summed E-state index contributed by atoms with van der Waals surface area (Å²) in [5, 5.41) is 23.0. The van der Waals surface area contributed by atoms with E-state index in [1.807, 2.05) is 6.08 Å². The van der Waals surface area contributed by atoms with Crippen molar-refractivity contribution >= 4 is 5.91 Å². The quantitative estimate of drug-likeness (QED) is 0.0421. The zero-order valence-corrected chi connectivity index (χ0v) is 42.2. The van der Waals surface area contributed by atoms with Gasteiger partial charge in [0.1, 0.15) is 0 Å². The second-order valence-corrected chi connectivity index (χ2v) is 17.6. The van der Waals surface area contributed by atoms with Crippen LogP contribution in [-0.4, -0.2) is 34.9 Å². The Morgan fingerprint density at radius 3 is 1.08 bits per heavy atom. The Morgan fingerprint density at radius 1 is 0.385 bits per heavy atom. The van der Waals surface area contributed by atoms with Crippen LogP contribution in [0.25, 0.3) is 0 Å². The lowest BCUT2D eigenvalue weighted by Gasteiger charge is -2.19. The normalized spacial score (nSPS) is 14.0. The molecule has 0 rings (SSSR count). The molecule has 0 radical (unpaired) electrons. The highest BCUT2D eigenvalue weighted by molar-refractivity contribution is 5.76. The number of aliphatic hydroxyl groups excluding tert-OH is 2. The lowest BCUT2D eigenvalue weighted by atomic mass is 10.0. The molecule has 65 heavy (non-hydrogen) atoms. The summed E-state index contributed by atoms with van der Waals surface area (Å²) in [5.74, 6) is -0.0817. The fourth-order valence-electron chi connectivity index (χ4n) is 7.30. The third-order valence-corrected chi connectivity index (χ3v) is 11.4. The Kier molecular flexibility index (Phi) is 51.9. The van der Waals surface area contributed by atoms with E-state index >= 15 is 0 Å². The standard InChI is InChI=1S/C61H101NO3/c1-3-5-7-9-11-13-15-17-18-19-20-21-22-23-24-25-26-27-28-29-30-31-32-33-34-35-36-37-38-39-40-41-42-43-44-45-47-49-51-53-55-57-61(65)62-59(58-63)60(64)56-54-52-50-48-46-16-14-12-10-8-6-4-2/h5,7,11,13,17-18,20-21,23-24,26-27,29-30,32-33,35-36,46,48,54,56,59-60,63-64H,3-4,6,8-10,12,14-16,19,22,25,28,31,34,37-45,47,49-53,55,57-58H2,1-2H3,(H,62,65)/b7-5-,13-11-,18-17-,21-20-,24-23-,27-26-,30-29-,33-32-,36-35-,48-46+,56-54+. The Labute approximate surface area is 402 Å². The van der Waals surface area contributed by atoms with E-state index in [0.717, 1.165) is 89.9 Å². The first-order valence-electron chi connectivity index (χ1n) is 26.9. The highest BCUT2D eigenvalue weighted by atomic mass is 16.3. The van der Waals surface area contributed by atoms with Crippen molar-refractivity contribution in [3.05, 3.63) is 134 Å². The number of aliphatic hydroxyl groups is 2. The van der Waals surface area contributed by atoms with Gasteiger partial charge in [0.2, 0.25) is 5.91 Å². The van der Waals surface area contributed by atoms with E-state index in [2.05, 4.69) is 141 Å². The first-order chi connectivity index (χ1) is 32.2. The number of hydrogen-bond donors (Lipinski definition) is 3. The van der Waals surface area contributed by atoms with Gasteiger partial charge in [-0.05, 0) is 103 Å². The molecule has 0 saturated carbocycles. The van der Waals surface area contributed by atoms with Gasteiger partial charge in [-0.15, -0.1) is 0 Å². The molecule has 0 aromatic rings. The minimum Gasteiger partial charge on any atom is -0.394 e. The van der Waals surface area contributed by atoms with Crippen LogP contribution in [-0.2, 0) is 4.79 Å². The van der Waals surface area contributed by atoms with Gasteiger partial charge < -0.3 is 15.5 Å². The van der Waals surface area contributed by atoms with Gasteiger partial charge in [-0.2, -0.15) is 0 Å². The van der Waals surface area contributed by atoms with Crippen LogP contribution < -0.4 is 5.32 Å². The molecule has 0 heterocycles. The van der Waals surface area contributed by atoms with Gasteiger partial charge in [-0.25, -0.2) is 0 Å². The van der Waals surface area contributed by atoms with E-state index in [1.165, 1.54) is 116 Å². The predicted molar refractivity (Wildman–Crippen MR) is 289 cm³/mol. The van der Waals surface area contributed by atoms with Crippen molar-refractivity contribution in [2.75, 3.05) is 6.61 Å². The number of amides is 1. The first kappa shape index (κ1) is 61.5. The summed E-state index contributed by atoms with van der Waals surface area (Å²) in [6, 6.07) is -0.646. The smallest absolute Gasteiger partial charge is 0.220 e. The Bertz CT molecular complexity index is 1340. The summed E-state index contributed by atoms with van der Waals surface area (Å²) >= 11 is 0. The van der Waals surface area contributed by atoms with E-state index < -0.39 is 12.1 Å². The van der Waals surface area contributed by atoms with Crippen LogP contribution in [0, 0.1) is 0 Å². The van der Waals surface area contributed by atoms with Gasteiger partial charge in [0, 0.05) is 6.42 Å². The van der Waals surface area contributed by atoms with Crippen LogP contribution in [0.2, 0.25) is 0 Å². The third kappa shape index (κ3) is 51.4. The monoisotopic (exact) mass is 896 g/mol. The van der Waals surface area contributed by atoms with Gasteiger partial charge in [0.25, 0.3) is 0 Å². The van der Waals surface area contributed by atoms with Gasteiger partial charge in [-0.1, -0.05) is 250 Å². The van der Waals surface area contributed by atoms with Gasteiger partial charge in [0.15, 0.2) is 0 Å². The molecule has 4 heteroatoms. The maximum Gasteiger partial charge on any atom is 0.220 e. The van der Waals surface area contributed by atoms with Crippen LogP contribution in [0.3, 0.4) is 0 Å². The van der Waals surface area contributed by atoms with Gasteiger partial charge >= 0.3 is 0 Å². The molecule has 0 aliphatic rings. The predicted octanol–water partition coefficient (Wildman–Crippen LogP) is 17.9. The molecule has 368 valence electrons. The summed E-state index contributed by atoms with van der Waals surface area (Å²) in [4.78, 5) is 12.4. The topological polar surface area (TPSA) is 69.6 Å². The molecular formula is C61H101NO3. The highest BCUT2D eigenvalue weighted by Gasteiger charge is 2.17. The number of hydrogen-bond acceptors (Lipinski definition) is 3. The van der Waals surface area contributed by atoms with E-state index in [9.17, 15) is 15.0 Å². The molecule has 4 nitrogen and oxygen atoms in total. The second-order valence-electron chi connectivity index (χ2n) is 17.6. The van der Waals surface area contributed by atoms with Crippen molar-refractivity contribution in [1.29, 1.82) is 0 Å². The third-order valence-electron chi connectivity index (χ3n) is 11.4. The van der Waals surface area contributed by atoms with Crippen LogP contribution >= 0.6 is 0 Å². The largest absolute Gasteiger partial charge is 0.394 e. The fourth-order valence-corrected chi connectivity index (χ4v) is 7.30. The SMILES string of the molecule is CC/C=C\C/C=C\C/C=C\C/C=C\C/C=C\C/C=C\C/C=C\C/C=C\C/C=C\CCCCCCCCCCCCCCCC(=O)NC(CO)C(O)/C=C/CC/C=C/CCCCCCCC. The van der Waals surface area contributed by atoms with Crippen molar-refractivity contribution in [2.24, 2.45) is 0 Å². The molecule has 2 atom stereocenters. The van der Waals surface area contributed by atoms with Crippen LogP contribution in [0.1, 0.15) is 226 Å². The van der Waals surface area contributed by atoms with Crippen molar-refractivity contribution in [2.45, 2.75) is 238 Å². The summed E-state index contributed by atoms with van der Waals surface area (Å²) < 4.78 is 0. The Morgan fingerprint density at radius 2 is 0.692 bits per heavy atom. The summed E-state index contributed by atoms with van der Waals surface area (Å²) in [5.41, 5.74) is 0. The Balaban J connectivity index is 3.58. The van der Waals surface area contributed by atoms with Crippen LogP contribution in [0.15, 0.2) is 134 Å². The first-order valence-corrected chi connectivity index (χ1v) is 26.9. The van der Waals surface area contributed by atoms with Crippen LogP contribution in [0.4, 0.5) is 0 Å². The van der Waals surface area contributed by atoms with Crippen LogP contribution in [0.5, 0.6) is 0 Å². The molecule has 0 spiro atoms. The minimum absolute atomic E-state index is 0.0817.